The number of ketones is 1. The number of rotatable bonds is 4. The van der Waals surface area contributed by atoms with Gasteiger partial charge >= 0.3 is 5.97 Å². The SMILES string of the molecule is C[C@H](OC(=O)C1C[C@H]2CCC[C@@H](C1)C2=O)C(=O)Nc1ccc(F)cc1F. The summed E-state index contributed by atoms with van der Waals surface area (Å²) in [5, 5.41) is 2.28. The van der Waals surface area contributed by atoms with E-state index in [4.69, 9.17) is 4.74 Å². The van der Waals surface area contributed by atoms with Gasteiger partial charge in [0.1, 0.15) is 17.4 Å². The number of ether oxygens (including phenoxy) is 1. The largest absolute Gasteiger partial charge is 0.452 e. The molecule has 1 aromatic carbocycles. The van der Waals surface area contributed by atoms with Crippen LogP contribution in [0.15, 0.2) is 18.2 Å². The van der Waals surface area contributed by atoms with Crippen LogP contribution >= 0.6 is 0 Å². The van der Waals surface area contributed by atoms with E-state index < -0.39 is 29.6 Å². The molecule has 3 rings (SSSR count). The molecule has 1 unspecified atom stereocenters. The van der Waals surface area contributed by atoms with E-state index in [1.54, 1.807) is 0 Å². The number of carbonyl (C=O) groups is 3. The Morgan fingerprint density at radius 2 is 1.85 bits per heavy atom. The Hall–Kier alpha value is -2.31. The second-order valence-electron chi connectivity index (χ2n) is 7.09. The number of anilines is 1. The van der Waals surface area contributed by atoms with Gasteiger partial charge in [0.05, 0.1) is 11.6 Å². The van der Waals surface area contributed by atoms with Gasteiger partial charge in [0.15, 0.2) is 6.10 Å². The molecule has 0 aliphatic heterocycles. The van der Waals surface area contributed by atoms with Crippen LogP contribution in [0.4, 0.5) is 14.5 Å². The van der Waals surface area contributed by atoms with Crippen LogP contribution in [0.5, 0.6) is 0 Å². The van der Waals surface area contributed by atoms with E-state index in [9.17, 15) is 23.2 Å². The van der Waals surface area contributed by atoms with Crippen molar-refractivity contribution in [3.8, 4) is 0 Å². The molecule has 2 fully saturated rings. The summed E-state index contributed by atoms with van der Waals surface area (Å²) in [6.45, 7) is 1.39. The number of amides is 1. The minimum absolute atomic E-state index is 0.0857. The van der Waals surface area contributed by atoms with Crippen molar-refractivity contribution in [2.24, 2.45) is 17.8 Å². The highest BCUT2D eigenvalue weighted by Crippen LogP contribution is 2.40. The summed E-state index contributed by atoms with van der Waals surface area (Å²) in [7, 11) is 0. The lowest BCUT2D eigenvalue weighted by Gasteiger charge is -2.36. The smallest absolute Gasteiger partial charge is 0.309 e. The molecular weight excluding hydrogens is 344 g/mol. The van der Waals surface area contributed by atoms with E-state index >= 15 is 0 Å². The predicted molar refractivity (Wildman–Crippen MR) is 89.1 cm³/mol. The monoisotopic (exact) mass is 365 g/mol. The van der Waals surface area contributed by atoms with Crippen molar-refractivity contribution in [2.45, 2.75) is 45.1 Å². The van der Waals surface area contributed by atoms with Crippen LogP contribution in [0.3, 0.4) is 0 Å². The molecular formula is C19H21F2NO4. The third-order valence-electron chi connectivity index (χ3n) is 5.23. The maximum Gasteiger partial charge on any atom is 0.309 e. The predicted octanol–water partition coefficient (Wildman–Crippen LogP) is 3.23. The van der Waals surface area contributed by atoms with Gasteiger partial charge in [-0.1, -0.05) is 6.42 Å². The lowest BCUT2D eigenvalue weighted by molar-refractivity contribution is -0.161. The lowest BCUT2D eigenvalue weighted by atomic mass is 9.67. The minimum Gasteiger partial charge on any atom is -0.452 e. The Kier molecular flexibility index (Phi) is 5.34. The molecule has 0 heterocycles. The molecule has 7 heteroatoms. The first-order valence-electron chi connectivity index (χ1n) is 8.85. The first kappa shape index (κ1) is 18.5. The van der Waals surface area contributed by atoms with E-state index in [1.807, 2.05) is 0 Å². The molecule has 0 aromatic heterocycles. The van der Waals surface area contributed by atoms with Crippen molar-refractivity contribution < 1.29 is 27.9 Å². The number of benzene rings is 1. The molecule has 0 saturated heterocycles. The van der Waals surface area contributed by atoms with E-state index in [-0.39, 0.29) is 29.2 Å². The van der Waals surface area contributed by atoms with Crippen molar-refractivity contribution in [1.82, 2.24) is 0 Å². The summed E-state index contributed by atoms with van der Waals surface area (Å²) in [6.07, 6.45) is 2.43. The standard InChI is InChI=1S/C19H21F2NO4/c1-10(18(24)22-16-6-5-14(20)9-15(16)21)26-19(25)13-7-11-3-2-4-12(8-13)17(11)23/h5-6,9-13H,2-4,7-8H2,1H3,(H,22,24)/t10-,11-,12+,13?/m0/s1. The molecule has 1 aromatic rings. The van der Waals surface area contributed by atoms with Gasteiger partial charge in [-0.3, -0.25) is 14.4 Å². The average molecular weight is 365 g/mol. The zero-order valence-corrected chi connectivity index (χ0v) is 14.5. The molecule has 2 saturated carbocycles. The molecule has 2 aliphatic rings. The van der Waals surface area contributed by atoms with Crippen molar-refractivity contribution in [3.63, 3.8) is 0 Å². The zero-order chi connectivity index (χ0) is 18.8. The Bertz CT molecular complexity index is 720. The topological polar surface area (TPSA) is 72.5 Å². The van der Waals surface area contributed by atoms with Crippen LogP contribution in [0, 0.1) is 29.4 Å². The van der Waals surface area contributed by atoms with Gasteiger partial charge < -0.3 is 10.1 Å². The van der Waals surface area contributed by atoms with E-state index in [2.05, 4.69) is 5.32 Å². The summed E-state index contributed by atoms with van der Waals surface area (Å²) in [6, 6.07) is 2.78. The van der Waals surface area contributed by atoms with Crippen molar-refractivity contribution in [2.75, 3.05) is 5.32 Å². The van der Waals surface area contributed by atoms with Gasteiger partial charge in [0, 0.05) is 17.9 Å². The highest BCUT2D eigenvalue weighted by Gasteiger charge is 2.42. The molecule has 0 radical (unpaired) electrons. The third kappa shape index (κ3) is 3.92. The molecule has 2 aliphatic carbocycles. The van der Waals surface area contributed by atoms with Gasteiger partial charge in [0.2, 0.25) is 0 Å². The third-order valence-corrected chi connectivity index (χ3v) is 5.23. The fraction of sp³-hybridized carbons (Fsp3) is 0.526. The Morgan fingerprint density at radius 1 is 1.19 bits per heavy atom. The molecule has 0 spiro atoms. The highest BCUT2D eigenvalue weighted by molar-refractivity contribution is 5.95. The second-order valence-corrected chi connectivity index (χ2v) is 7.09. The summed E-state index contributed by atoms with van der Waals surface area (Å²) in [5.74, 6) is -3.17. The maximum absolute atomic E-state index is 13.6. The summed E-state index contributed by atoms with van der Waals surface area (Å²) < 4.78 is 31.7. The quantitative estimate of drug-likeness (QED) is 0.832. The summed E-state index contributed by atoms with van der Waals surface area (Å²) in [4.78, 5) is 36.6. The molecule has 1 N–H and O–H groups in total. The van der Waals surface area contributed by atoms with E-state index in [1.165, 1.54) is 6.92 Å². The van der Waals surface area contributed by atoms with Gasteiger partial charge in [0.25, 0.3) is 5.91 Å². The van der Waals surface area contributed by atoms with Crippen molar-refractivity contribution in [1.29, 1.82) is 0 Å². The van der Waals surface area contributed by atoms with Crippen LogP contribution < -0.4 is 5.32 Å². The molecule has 26 heavy (non-hydrogen) atoms. The van der Waals surface area contributed by atoms with Gasteiger partial charge in [-0.05, 0) is 44.7 Å². The molecule has 2 bridgehead atoms. The first-order chi connectivity index (χ1) is 12.3. The van der Waals surface area contributed by atoms with Gasteiger partial charge in [-0.25, -0.2) is 8.78 Å². The lowest BCUT2D eigenvalue weighted by Crippen LogP contribution is -2.41. The zero-order valence-electron chi connectivity index (χ0n) is 14.5. The van der Waals surface area contributed by atoms with Gasteiger partial charge in [-0.15, -0.1) is 0 Å². The van der Waals surface area contributed by atoms with Crippen LogP contribution in [-0.4, -0.2) is 23.8 Å². The van der Waals surface area contributed by atoms with Crippen molar-refractivity contribution >= 4 is 23.3 Å². The summed E-state index contributed by atoms with van der Waals surface area (Å²) >= 11 is 0. The Morgan fingerprint density at radius 3 is 2.46 bits per heavy atom. The average Bonchev–Trinajstić information content (AvgIpc) is 2.56. The maximum atomic E-state index is 13.6. The summed E-state index contributed by atoms with van der Waals surface area (Å²) in [5.41, 5.74) is -0.183. The van der Waals surface area contributed by atoms with E-state index in [0.29, 0.717) is 18.9 Å². The number of fused-ring (bicyclic) bond motifs is 2. The number of hydrogen-bond acceptors (Lipinski definition) is 4. The molecule has 4 atom stereocenters. The first-order valence-corrected chi connectivity index (χ1v) is 8.85. The molecule has 140 valence electrons. The normalized spacial score (nSPS) is 26.1. The van der Waals surface area contributed by atoms with Crippen LogP contribution in [0.2, 0.25) is 0 Å². The molecule has 5 nitrogen and oxygen atoms in total. The fourth-order valence-corrected chi connectivity index (χ4v) is 3.82. The number of esters is 1. The van der Waals surface area contributed by atoms with Crippen molar-refractivity contribution in [3.05, 3.63) is 29.8 Å². The highest BCUT2D eigenvalue weighted by atomic mass is 19.1. The Balaban J connectivity index is 1.57. The fourth-order valence-electron chi connectivity index (χ4n) is 3.82. The number of carbonyl (C=O) groups excluding carboxylic acids is 3. The van der Waals surface area contributed by atoms with Crippen LogP contribution in [0.25, 0.3) is 0 Å². The number of halogens is 2. The molecule has 1 amide bonds. The van der Waals surface area contributed by atoms with Crippen LogP contribution in [-0.2, 0) is 19.1 Å². The minimum atomic E-state index is -1.12. The number of hydrogen-bond donors (Lipinski definition) is 1. The number of Topliss-reactive ketones (excluding diaryl/α,β-unsaturated/α-hetero) is 1. The van der Waals surface area contributed by atoms with Crippen LogP contribution in [0.1, 0.15) is 39.0 Å². The second kappa shape index (κ2) is 7.51. The Labute approximate surface area is 150 Å². The van der Waals surface area contributed by atoms with Gasteiger partial charge in [-0.2, -0.15) is 0 Å². The number of nitrogens with one attached hydrogen (secondary N) is 1. The van der Waals surface area contributed by atoms with E-state index in [0.717, 1.165) is 31.4 Å².